The number of halogens is 12. The second-order valence-corrected chi connectivity index (χ2v) is 21.7. The van der Waals surface area contributed by atoms with Crippen molar-refractivity contribution < 1.29 is 45.5 Å². The van der Waals surface area contributed by atoms with Crippen LogP contribution < -0.4 is 39.3 Å². The number of rotatable bonds is 16. The third-order valence-corrected chi connectivity index (χ3v) is 12.4. The molecule has 6 aromatic carbocycles. The maximum absolute atomic E-state index is 13.8. The number of anilines is 3. The predicted molar refractivity (Wildman–Crippen MR) is 383 cm³/mol. The van der Waals surface area contributed by atoms with Crippen LogP contribution in [0.3, 0.4) is 0 Å². The fraction of sp³-hybridized carbons (Fsp3) is 0.148. The number of hydrogen-bond acceptors (Lipinski definition) is 13. The molecule has 0 aliphatic rings. The third kappa shape index (κ3) is 30.5. The molecule has 0 heterocycles. The zero-order valence-electron chi connectivity index (χ0n) is 52.8. The van der Waals surface area contributed by atoms with Gasteiger partial charge in [0.1, 0.15) is 0 Å². The lowest BCUT2D eigenvalue weighted by atomic mass is 10.2. The van der Waals surface area contributed by atoms with Crippen LogP contribution in [0, 0.1) is 61.9 Å². The van der Waals surface area contributed by atoms with Crippen molar-refractivity contribution in [2.45, 2.75) is 19.6 Å². The van der Waals surface area contributed by atoms with E-state index in [2.05, 4.69) is 45.6 Å². The summed E-state index contributed by atoms with van der Waals surface area (Å²) >= 11 is 31.6. The van der Waals surface area contributed by atoms with Crippen LogP contribution in [0.1, 0.15) is 47.8 Å². The first-order chi connectivity index (χ1) is 46.3. The number of nitrogens with one attached hydrogen (secondary N) is 7. The van der Waals surface area contributed by atoms with E-state index in [1.165, 1.54) is 51.1 Å². The van der Waals surface area contributed by atoms with Gasteiger partial charge in [0, 0.05) is 92.7 Å². The topological polar surface area (TPSA) is 438 Å². The minimum absolute atomic E-state index is 0.00463. The monoisotopic (exact) mass is 1490 g/mol. The fourth-order valence-electron chi connectivity index (χ4n) is 6.69. The number of hydrogen-bond donors (Lipinski definition) is 12. The molecule has 0 aliphatic carbocycles. The van der Waals surface area contributed by atoms with Gasteiger partial charge in [0.25, 0.3) is 23.6 Å². The van der Waals surface area contributed by atoms with Gasteiger partial charge in [-0.1, -0.05) is 82.8 Å². The molecule has 0 fully saturated rings. The number of aliphatic imine (C=N–C) groups is 7. The number of primary amides is 1. The molecule has 0 atom stereocenters. The van der Waals surface area contributed by atoms with Gasteiger partial charge in [0.05, 0.1) is 19.6 Å². The number of nitrogens with zero attached hydrogens (tertiary/aromatic N) is 10. The summed E-state index contributed by atoms with van der Waals surface area (Å²) in [7, 11) is 10.00. The molecule has 0 aliphatic heterocycles. The Labute approximate surface area is 592 Å². The van der Waals surface area contributed by atoms with Crippen LogP contribution in [-0.4, -0.2) is 147 Å². The standard InChI is InChI=1S/C20H21F2N7O2.C19H19ClF2N6O.C10H8Cl2F2N4.C9H12N2O.C3H2Cl3N3/c1-29(2)19(31)11-6-8-13(9-7-11)27-20(25)28-18(16(23)17(24)30)26-10-12-4-3-5-14(21)15(12)22;1-28(2)18(29)11-6-8-13(9-7-11)26-19(24)27-17(16(20)23)25-10-12-4-3-5-14(21)15(12)22;11-8(15)9(18-10(12)16)17-4-5-2-1-3-6(13)7(5)14;1-11(2)9(12)7-3-5-8(10)6-4-7;4-1(7)2(5)9-3(6)8/h3-9,23H,10H2,1-2H3,(H2,24,30)(H3,25,26,27,28);3-9,23H,10H2,1-2H3,(H3,24,25,26,27);1-3,15H,4H2,(H2,16,17,18);3-6H,10H2,1-2H3;7-8H. The van der Waals surface area contributed by atoms with Crippen molar-refractivity contribution in [3.8, 4) is 0 Å². The van der Waals surface area contributed by atoms with Gasteiger partial charge in [-0.15, -0.1) is 0 Å². The van der Waals surface area contributed by atoms with Crippen molar-refractivity contribution in [2.75, 3.05) is 58.7 Å². The molecule has 6 aromatic rings. The third-order valence-electron chi connectivity index (χ3n) is 11.4. The summed E-state index contributed by atoms with van der Waals surface area (Å²) in [6.07, 6.45) is 0. The Morgan fingerprint density at radius 1 is 0.424 bits per heavy atom. The Balaban J connectivity index is 0.000000449. The highest BCUT2D eigenvalue weighted by molar-refractivity contribution is 7.00. The quantitative estimate of drug-likeness (QED) is 0.0143. The highest BCUT2D eigenvalue weighted by atomic mass is 35.5. The molecule has 0 unspecified atom stereocenters. The van der Waals surface area contributed by atoms with Crippen LogP contribution in [0.15, 0.2) is 162 Å². The zero-order chi connectivity index (χ0) is 75.0. The van der Waals surface area contributed by atoms with Crippen LogP contribution in [0.2, 0.25) is 0 Å². The molecule has 26 nitrogen and oxygen atoms in total. The summed E-state index contributed by atoms with van der Waals surface area (Å²) in [5.74, 6) is -8.95. The van der Waals surface area contributed by atoms with Crippen LogP contribution in [0.25, 0.3) is 0 Å². The molecule has 4 amide bonds. The van der Waals surface area contributed by atoms with Gasteiger partial charge in [-0.2, -0.15) is 15.0 Å². The summed E-state index contributed by atoms with van der Waals surface area (Å²) in [6.45, 7) is -0.902. The summed E-state index contributed by atoms with van der Waals surface area (Å²) in [5.41, 5.74) is 29.8. The molecule has 0 radical (unpaired) electrons. The molecule has 0 spiro atoms. The number of benzene rings is 6. The van der Waals surface area contributed by atoms with E-state index in [1.54, 1.807) is 115 Å². The first-order valence-electron chi connectivity index (χ1n) is 27.3. The van der Waals surface area contributed by atoms with Crippen LogP contribution in [-0.2, 0) is 24.4 Å². The van der Waals surface area contributed by atoms with E-state index in [9.17, 15) is 45.5 Å². The van der Waals surface area contributed by atoms with Crippen molar-refractivity contribution in [3.63, 3.8) is 0 Å². The maximum atomic E-state index is 13.8. The largest absolute Gasteiger partial charge is 0.399 e. The Morgan fingerprint density at radius 2 is 0.727 bits per heavy atom. The van der Waals surface area contributed by atoms with Crippen LogP contribution >= 0.6 is 69.6 Å². The second kappa shape index (κ2) is 42.1. The van der Waals surface area contributed by atoms with Crippen molar-refractivity contribution in [1.29, 1.82) is 27.0 Å². The molecule has 38 heteroatoms. The molecule has 0 saturated carbocycles. The number of carbonyl (C=O) groups excluding carboxylic acids is 4. The molecule has 524 valence electrons. The lowest BCUT2D eigenvalue weighted by Crippen LogP contribution is -2.32. The molecule has 99 heavy (non-hydrogen) atoms. The highest BCUT2D eigenvalue weighted by Gasteiger charge is 2.17. The molecule has 6 rings (SSSR count). The number of amidine groups is 5. The number of amides is 4. The number of nitrogen functional groups attached to an aromatic ring is 1. The second-order valence-electron chi connectivity index (χ2n) is 19.5. The first-order valence-corrected chi connectivity index (χ1v) is 29.6. The lowest BCUT2D eigenvalue weighted by molar-refractivity contribution is -0.111. The molecule has 0 saturated heterocycles. The van der Waals surface area contributed by atoms with E-state index in [0.717, 1.165) is 18.2 Å². The van der Waals surface area contributed by atoms with Gasteiger partial charge in [-0.3, -0.25) is 61.2 Å². The molecular weight excluding hydrogens is 1430 g/mol. The van der Waals surface area contributed by atoms with E-state index in [4.69, 9.17) is 125 Å². The SMILES string of the molecule is CN(C)C(=O)c1ccc(N)cc1.CN(C)C(=O)c1ccc(NC(N)=NC(=NCc2cccc(F)c2F)C(=N)C(N)=O)cc1.CN(C)C(=O)c1ccc(NC(N)=NC(=NCc2cccc(F)c2F)C(=N)Cl)cc1.N=C(Cl)C(N=C(N)Cl)=NCc1cccc(F)c1F.N=C(Cl)N=C(Cl)C(=N)Cl. The van der Waals surface area contributed by atoms with Gasteiger partial charge < -0.3 is 54.0 Å². The lowest BCUT2D eigenvalue weighted by Gasteiger charge is -2.11. The van der Waals surface area contributed by atoms with E-state index >= 15 is 0 Å². The minimum Gasteiger partial charge on any atom is -0.399 e. The van der Waals surface area contributed by atoms with Crippen molar-refractivity contribution in [1.82, 2.24) is 14.7 Å². The Hall–Kier alpha value is -10.6. The Morgan fingerprint density at radius 3 is 1.00 bits per heavy atom. The average molecular weight is 1490 g/mol. The number of guanidine groups is 2. The number of carbonyl (C=O) groups is 4. The van der Waals surface area contributed by atoms with Gasteiger partial charge in [-0.25, -0.2) is 31.3 Å². The molecule has 0 bridgehead atoms. The van der Waals surface area contributed by atoms with E-state index in [-0.39, 0.29) is 81.6 Å². The first kappa shape index (κ1) is 84.4. The Bertz CT molecular complexity index is 4150. The van der Waals surface area contributed by atoms with E-state index < -0.39 is 79.7 Å². The summed E-state index contributed by atoms with van der Waals surface area (Å²) in [4.78, 5) is 76.9. The maximum Gasteiger partial charge on any atom is 0.270 e. The molecule has 17 N–H and O–H groups in total. The fourth-order valence-corrected chi connectivity index (χ4v) is 7.23. The van der Waals surface area contributed by atoms with E-state index in [0.29, 0.717) is 33.8 Å². The smallest absolute Gasteiger partial charge is 0.270 e. The Kier molecular flexibility index (Phi) is 35.9. The van der Waals surface area contributed by atoms with Crippen LogP contribution in [0.4, 0.5) is 43.4 Å². The average Bonchev–Trinajstić information content (AvgIpc) is 0.914. The summed E-state index contributed by atoms with van der Waals surface area (Å²) in [5, 5.41) is 38.5. The van der Waals surface area contributed by atoms with Gasteiger partial charge in [0.15, 0.2) is 96.0 Å². The normalized spacial score (nSPS) is 11.6. The van der Waals surface area contributed by atoms with Crippen LogP contribution in [0.5, 0.6) is 0 Å². The minimum atomic E-state index is -1.12. The van der Waals surface area contributed by atoms with Crippen molar-refractivity contribution >= 4 is 177 Å². The van der Waals surface area contributed by atoms with Gasteiger partial charge >= 0.3 is 0 Å². The molecular formula is C61H62Cl6F6N22O4. The highest BCUT2D eigenvalue weighted by Crippen LogP contribution is 2.18. The predicted octanol–water partition coefficient (Wildman–Crippen LogP) is 10.3. The van der Waals surface area contributed by atoms with E-state index in [1.807, 2.05) is 0 Å². The zero-order valence-corrected chi connectivity index (χ0v) is 57.3. The van der Waals surface area contributed by atoms with Gasteiger partial charge in [-0.05, 0) is 114 Å². The number of nitrogens with two attached hydrogens (primary N) is 5. The molecule has 0 aromatic heterocycles. The summed E-state index contributed by atoms with van der Waals surface area (Å²) in [6, 6.07) is 30.6. The van der Waals surface area contributed by atoms with Gasteiger partial charge in [0.2, 0.25) is 5.29 Å². The van der Waals surface area contributed by atoms with Crippen molar-refractivity contribution in [2.24, 2.45) is 57.9 Å². The summed E-state index contributed by atoms with van der Waals surface area (Å²) < 4.78 is 80.3. The van der Waals surface area contributed by atoms with Crippen molar-refractivity contribution in [3.05, 3.63) is 196 Å².